The molecular weight excluding hydrogens is 292 g/mol. The Morgan fingerprint density at radius 3 is 2.90 bits per heavy atom. The number of aromatic nitrogens is 5. The predicted molar refractivity (Wildman–Crippen MR) is 78.2 cm³/mol. The SMILES string of the molecule is CC(N)c1cn(Cc2cc(=O)n3cc(Cl)ccc3n2)nn1. The van der Waals surface area contributed by atoms with Crippen molar-refractivity contribution in [2.24, 2.45) is 5.73 Å². The van der Waals surface area contributed by atoms with Crippen LogP contribution in [0.3, 0.4) is 0 Å². The minimum Gasteiger partial charge on any atom is -0.323 e. The number of hydrogen-bond acceptors (Lipinski definition) is 5. The molecule has 8 heteroatoms. The van der Waals surface area contributed by atoms with Crippen LogP contribution in [0.5, 0.6) is 0 Å². The fraction of sp³-hybridized carbons (Fsp3) is 0.231. The van der Waals surface area contributed by atoms with E-state index < -0.39 is 0 Å². The number of rotatable bonds is 3. The van der Waals surface area contributed by atoms with Crippen molar-refractivity contribution in [1.82, 2.24) is 24.4 Å². The molecule has 0 bridgehead atoms. The Morgan fingerprint density at radius 2 is 2.19 bits per heavy atom. The molecule has 0 aliphatic carbocycles. The maximum Gasteiger partial charge on any atom is 0.258 e. The van der Waals surface area contributed by atoms with Crippen molar-refractivity contribution in [2.45, 2.75) is 19.5 Å². The molecule has 0 saturated heterocycles. The zero-order valence-corrected chi connectivity index (χ0v) is 12.0. The van der Waals surface area contributed by atoms with Crippen LogP contribution in [-0.4, -0.2) is 24.4 Å². The Kier molecular flexibility index (Phi) is 3.44. The third kappa shape index (κ3) is 2.79. The van der Waals surface area contributed by atoms with Gasteiger partial charge in [0.2, 0.25) is 0 Å². The van der Waals surface area contributed by atoms with Gasteiger partial charge in [-0.05, 0) is 19.1 Å². The summed E-state index contributed by atoms with van der Waals surface area (Å²) in [5.41, 5.74) is 7.38. The first-order chi connectivity index (χ1) is 10.0. The van der Waals surface area contributed by atoms with E-state index in [1.807, 2.05) is 6.92 Å². The first-order valence-electron chi connectivity index (χ1n) is 6.36. The Labute approximate surface area is 125 Å². The minimum absolute atomic E-state index is 0.184. The Bertz CT molecular complexity index is 853. The number of halogens is 1. The average molecular weight is 305 g/mol. The topological polar surface area (TPSA) is 91.1 Å². The van der Waals surface area contributed by atoms with Gasteiger partial charge in [0.25, 0.3) is 5.56 Å². The van der Waals surface area contributed by atoms with Crippen LogP contribution in [0.2, 0.25) is 5.02 Å². The molecule has 3 aromatic rings. The van der Waals surface area contributed by atoms with E-state index in [2.05, 4.69) is 15.3 Å². The van der Waals surface area contributed by atoms with Gasteiger partial charge in [0.05, 0.1) is 29.2 Å². The van der Waals surface area contributed by atoms with E-state index in [0.717, 1.165) is 0 Å². The van der Waals surface area contributed by atoms with Gasteiger partial charge in [-0.3, -0.25) is 9.20 Å². The van der Waals surface area contributed by atoms with E-state index in [9.17, 15) is 4.79 Å². The maximum absolute atomic E-state index is 12.1. The molecule has 0 spiro atoms. The quantitative estimate of drug-likeness (QED) is 0.779. The second-order valence-corrected chi connectivity index (χ2v) is 5.23. The summed E-state index contributed by atoms with van der Waals surface area (Å²) >= 11 is 5.87. The van der Waals surface area contributed by atoms with Crippen molar-refractivity contribution in [3.05, 3.63) is 57.4 Å². The Hall–Kier alpha value is -2.25. The van der Waals surface area contributed by atoms with Gasteiger partial charge in [-0.1, -0.05) is 16.8 Å². The summed E-state index contributed by atoms with van der Waals surface area (Å²) in [5, 5.41) is 8.42. The Balaban J connectivity index is 1.97. The van der Waals surface area contributed by atoms with Gasteiger partial charge >= 0.3 is 0 Å². The first-order valence-corrected chi connectivity index (χ1v) is 6.74. The van der Waals surface area contributed by atoms with Crippen LogP contribution in [0.4, 0.5) is 0 Å². The summed E-state index contributed by atoms with van der Waals surface area (Å²) in [6.45, 7) is 2.19. The van der Waals surface area contributed by atoms with E-state index >= 15 is 0 Å². The fourth-order valence-electron chi connectivity index (χ4n) is 1.97. The van der Waals surface area contributed by atoms with E-state index in [4.69, 9.17) is 17.3 Å². The van der Waals surface area contributed by atoms with Crippen LogP contribution in [0.25, 0.3) is 5.65 Å². The van der Waals surface area contributed by atoms with E-state index in [-0.39, 0.29) is 11.6 Å². The lowest BCUT2D eigenvalue weighted by Crippen LogP contribution is -2.16. The van der Waals surface area contributed by atoms with Gasteiger partial charge in [-0.2, -0.15) is 0 Å². The van der Waals surface area contributed by atoms with Crippen molar-refractivity contribution < 1.29 is 0 Å². The summed E-state index contributed by atoms with van der Waals surface area (Å²) in [6, 6.07) is 4.66. The predicted octanol–water partition coefficient (Wildman–Crippen LogP) is 1.01. The second-order valence-electron chi connectivity index (χ2n) is 4.79. The highest BCUT2D eigenvalue weighted by Crippen LogP contribution is 2.09. The minimum atomic E-state index is -0.190. The summed E-state index contributed by atoms with van der Waals surface area (Å²) < 4.78 is 3.01. The second kappa shape index (κ2) is 5.27. The summed E-state index contributed by atoms with van der Waals surface area (Å²) in [6.07, 6.45) is 3.29. The molecule has 0 fully saturated rings. The summed E-state index contributed by atoms with van der Waals surface area (Å²) in [7, 11) is 0. The van der Waals surface area contributed by atoms with Crippen LogP contribution in [0, 0.1) is 0 Å². The van der Waals surface area contributed by atoms with Gasteiger partial charge in [-0.25, -0.2) is 9.67 Å². The number of nitrogens with two attached hydrogens (primary N) is 1. The Morgan fingerprint density at radius 1 is 1.38 bits per heavy atom. The lowest BCUT2D eigenvalue weighted by Gasteiger charge is -2.04. The molecule has 3 aromatic heterocycles. The van der Waals surface area contributed by atoms with Gasteiger partial charge < -0.3 is 5.73 Å². The number of nitrogens with zero attached hydrogens (tertiary/aromatic N) is 5. The van der Waals surface area contributed by atoms with Crippen LogP contribution in [-0.2, 0) is 6.54 Å². The van der Waals surface area contributed by atoms with Crippen molar-refractivity contribution in [3.63, 3.8) is 0 Å². The molecule has 2 N–H and O–H groups in total. The molecule has 0 radical (unpaired) electrons. The smallest absolute Gasteiger partial charge is 0.258 e. The monoisotopic (exact) mass is 304 g/mol. The van der Waals surface area contributed by atoms with E-state index in [0.29, 0.717) is 28.6 Å². The van der Waals surface area contributed by atoms with Crippen molar-refractivity contribution in [3.8, 4) is 0 Å². The number of hydrogen-bond donors (Lipinski definition) is 1. The zero-order valence-electron chi connectivity index (χ0n) is 11.3. The third-order valence-electron chi connectivity index (χ3n) is 3.02. The van der Waals surface area contributed by atoms with Gasteiger partial charge in [0, 0.05) is 18.3 Å². The van der Waals surface area contributed by atoms with Crippen molar-refractivity contribution in [2.75, 3.05) is 0 Å². The number of fused-ring (bicyclic) bond motifs is 1. The maximum atomic E-state index is 12.1. The molecule has 7 nitrogen and oxygen atoms in total. The largest absolute Gasteiger partial charge is 0.323 e. The molecule has 108 valence electrons. The molecular formula is C13H13ClN6O. The van der Waals surface area contributed by atoms with Gasteiger partial charge in [0.15, 0.2) is 0 Å². The van der Waals surface area contributed by atoms with E-state index in [1.54, 1.807) is 29.2 Å². The first kappa shape index (κ1) is 13.7. The normalized spacial score (nSPS) is 12.7. The molecule has 0 amide bonds. The molecule has 1 unspecified atom stereocenters. The molecule has 1 atom stereocenters. The summed E-state index contributed by atoms with van der Waals surface area (Å²) in [4.78, 5) is 16.5. The molecule has 3 heterocycles. The van der Waals surface area contributed by atoms with Crippen LogP contribution < -0.4 is 11.3 Å². The lowest BCUT2D eigenvalue weighted by atomic mass is 10.3. The summed E-state index contributed by atoms with van der Waals surface area (Å²) in [5.74, 6) is 0. The third-order valence-corrected chi connectivity index (χ3v) is 3.25. The van der Waals surface area contributed by atoms with Crippen LogP contribution in [0.1, 0.15) is 24.4 Å². The standard InChI is InChI=1S/C13H13ClN6O/c1-8(15)11-7-19(18-17-11)6-10-4-13(21)20-5-9(14)2-3-12(20)16-10/h2-5,7-8H,6,15H2,1H3. The molecule has 3 rings (SSSR count). The molecule has 0 aliphatic heterocycles. The van der Waals surface area contributed by atoms with E-state index in [1.165, 1.54) is 10.5 Å². The number of pyridine rings is 1. The lowest BCUT2D eigenvalue weighted by molar-refractivity contribution is 0.636. The van der Waals surface area contributed by atoms with Crippen molar-refractivity contribution >= 4 is 17.2 Å². The molecule has 0 saturated carbocycles. The highest BCUT2D eigenvalue weighted by molar-refractivity contribution is 6.30. The van der Waals surface area contributed by atoms with Crippen molar-refractivity contribution in [1.29, 1.82) is 0 Å². The molecule has 0 aliphatic rings. The zero-order chi connectivity index (χ0) is 15.0. The average Bonchev–Trinajstić information content (AvgIpc) is 2.88. The highest BCUT2D eigenvalue weighted by Gasteiger charge is 2.08. The fourth-order valence-corrected chi connectivity index (χ4v) is 2.13. The molecule has 0 aromatic carbocycles. The molecule has 21 heavy (non-hydrogen) atoms. The highest BCUT2D eigenvalue weighted by atomic mass is 35.5. The van der Waals surface area contributed by atoms with Crippen LogP contribution in [0.15, 0.2) is 35.4 Å². The van der Waals surface area contributed by atoms with Gasteiger partial charge in [0.1, 0.15) is 5.65 Å². The van der Waals surface area contributed by atoms with Crippen LogP contribution >= 0.6 is 11.6 Å². The van der Waals surface area contributed by atoms with Gasteiger partial charge in [-0.15, -0.1) is 5.10 Å².